The molecule has 0 radical (unpaired) electrons. The molecule has 1 aromatic heterocycles. The third kappa shape index (κ3) is 2.87. The van der Waals surface area contributed by atoms with Crippen molar-refractivity contribution in [3.05, 3.63) is 16.1 Å². The van der Waals surface area contributed by atoms with Crippen molar-refractivity contribution in [1.82, 2.24) is 15.2 Å². The molecule has 3 rings (SSSR count). The third-order valence-corrected chi connectivity index (χ3v) is 4.79. The molecule has 94 valence electrons. The van der Waals surface area contributed by atoms with Gasteiger partial charge in [0, 0.05) is 30.1 Å². The van der Waals surface area contributed by atoms with Gasteiger partial charge in [0.05, 0.1) is 11.2 Å². The molecule has 4 heteroatoms. The molecule has 0 amide bonds. The summed E-state index contributed by atoms with van der Waals surface area (Å²) in [6.45, 7) is 5.68. The van der Waals surface area contributed by atoms with Gasteiger partial charge in [0.1, 0.15) is 0 Å². The highest BCUT2D eigenvalue weighted by Crippen LogP contribution is 2.30. The van der Waals surface area contributed by atoms with Gasteiger partial charge in [-0.25, -0.2) is 4.98 Å². The lowest BCUT2D eigenvalue weighted by Crippen LogP contribution is -2.38. The largest absolute Gasteiger partial charge is 0.313 e. The first-order valence-corrected chi connectivity index (χ1v) is 7.57. The Morgan fingerprint density at radius 2 is 2.35 bits per heavy atom. The van der Waals surface area contributed by atoms with E-state index in [9.17, 15) is 0 Å². The van der Waals surface area contributed by atoms with Crippen molar-refractivity contribution >= 4 is 11.3 Å². The summed E-state index contributed by atoms with van der Waals surface area (Å²) in [5.74, 6) is 0. The fraction of sp³-hybridized carbons (Fsp3) is 0.769. The molecule has 2 heterocycles. The molecule has 1 saturated carbocycles. The first-order chi connectivity index (χ1) is 8.33. The minimum Gasteiger partial charge on any atom is -0.313 e. The lowest BCUT2D eigenvalue weighted by Gasteiger charge is -2.25. The fourth-order valence-electron chi connectivity index (χ4n) is 2.64. The first kappa shape index (κ1) is 11.6. The molecule has 1 aliphatic heterocycles. The molecule has 1 N–H and O–H groups in total. The Kier molecular flexibility index (Phi) is 3.45. The highest BCUT2D eigenvalue weighted by molar-refractivity contribution is 7.09. The third-order valence-electron chi connectivity index (χ3n) is 3.87. The van der Waals surface area contributed by atoms with Crippen LogP contribution in [0.3, 0.4) is 0 Å². The first-order valence-electron chi connectivity index (χ1n) is 6.69. The summed E-state index contributed by atoms with van der Waals surface area (Å²) in [6, 6.07) is 1.57. The minimum absolute atomic E-state index is 0.726. The molecule has 1 saturated heterocycles. The van der Waals surface area contributed by atoms with Gasteiger partial charge in [0.2, 0.25) is 0 Å². The second-order valence-corrected chi connectivity index (χ2v) is 6.25. The van der Waals surface area contributed by atoms with E-state index in [0.29, 0.717) is 0 Å². The molecule has 17 heavy (non-hydrogen) atoms. The minimum atomic E-state index is 0.726. The van der Waals surface area contributed by atoms with Crippen molar-refractivity contribution < 1.29 is 0 Å². The van der Waals surface area contributed by atoms with Gasteiger partial charge in [0.25, 0.3) is 0 Å². The molecule has 0 aromatic carbocycles. The van der Waals surface area contributed by atoms with Gasteiger partial charge >= 0.3 is 0 Å². The summed E-state index contributed by atoms with van der Waals surface area (Å²) in [5, 5.41) is 3.61. The highest BCUT2D eigenvalue weighted by atomic mass is 32.1. The van der Waals surface area contributed by atoms with Crippen molar-refractivity contribution in [1.29, 1.82) is 0 Å². The number of rotatable bonds is 5. The maximum Gasteiger partial charge on any atom is 0.0798 e. The molecular formula is C13H21N3S. The van der Waals surface area contributed by atoms with Crippen LogP contribution in [-0.2, 0) is 6.54 Å². The van der Waals surface area contributed by atoms with E-state index in [4.69, 9.17) is 0 Å². The number of thiazole rings is 1. The summed E-state index contributed by atoms with van der Waals surface area (Å²) < 4.78 is 0. The van der Waals surface area contributed by atoms with Crippen molar-refractivity contribution in [3.63, 3.8) is 0 Å². The Morgan fingerprint density at radius 3 is 2.94 bits per heavy atom. The molecular weight excluding hydrogens is 230 g/mol. The van der Waals surface area contributed by atoms with E-state index in [2.05, 4.69) is 22.1 Å². The maximum absolute atomic E-state index is 4.36. The average molecular weight is 251 g/mol. The van der Waals surface area contributed by atoms with Gasteiger partial charge in [-0.2, -0.15) is 0 Å². The molecule has 0 unspecified atom stereocenters. The number of aryl methyl sites for hydroxylation is 1. The van der Waals surface area contributed by atoms with Crippen LogP contribution in [0.15, 0.2) is 5.51 Å². The van der Waals surface area contributed by atoms with E-state index >= 15 is 0 Å². The van der Waals surface area contributed by atoms with Crippen LogP contribution in [0, 0.1) is 6.92 Å². The molecule has 1 aliphatic carbocycles. The smallest absolute Gasteiger partial charge is 0.0798 e. The van der Waals surface area contributed by atoms with Crippen LogP contribution in [0.5, 0.6) is 0 Å². The normalized spacial score (nSPS) is 24.7. The van der Waals surface area contributed by atoms with E-state index in [-0.39, 0.29) is 0 Å². The monoisotopic (exact) mass is 251 g/mol. The van der Waals surface area contributed by atoms with Crippen molar-refractivity contribution in [3.8, 4) is 0 Å². The zero-order chi connectivity index (χ0) is 11.7. The highest BCUT2D eigenvalue weighted by Gasteiger charge is 2.31. The summed E-state index contributed by atoms with van der Waals surface area (Å²) in [7, 11) is 0. The standard InChI is InChI=1S/C13H21N3S/c1-10-13(17-9-15-10)8-16(12-4-5-12)7-11-3-2-6-14-11/h9,11-12,14H,2-8H2,1H3/t11-/m1/s1. The molecule has 2 aliphatic rings. The summed E-state index contributed by atoms with van der Waals surface area (Å²) in [5.41, 5.74) is 3.20. The van der Waals surface area contributed by atoms with Crippen molar-refractivity contribution in [2.24, 2.45) is 0 Å². The second-order valence-electron chi connectivity index (χ2n) is 5.31. The molecule has 0 spiro atoms. The summed E-state index contributed by atoms with van der Waals surface area (Å²) >= 11 is 1.81. The van der Waals surface area contributed by atoms with E-state index in [0.717, 1.165) is 18.6 Å². The van der Waals surface area contributed by atoms with Gasteiger partial charge < -0.3 is 5.32 Å². The van der Waals surface area contributed by atoms with Crippen LogP contribution >= 0.6 is 11.3 Å². The average Bonchev–Trinajstić information content (AvgIpc) is 2.91. The van der Waals surface area contributed by atoms with Crippen LogP contribution in [0.1, 0.15) is 36.3 Å². The van der Waals surface area contributed by atoms with E-state index in [1.807, 2.05) is 16.8 Å². The maximum atomic E-state index is 4.36. The summed E-state index contributed by atoms with van der Waals surface area (Å²) in [4.78, 5) is 8.48. The second kappa shape index (κ2) is 5.04. The molecule has 1 atom stereocenters. The number of aromatic nitrogens is 1. The number of hydrogen-bond donors (Lipinski definition) is 1. The lowest BCUT2D eigenvalue weighted by atomic mass is 10.2. The quantitative estimate of drug-likeness (QED) is 0.869. The van der Waals surface area contributed by atoms with Crippen LogP contribution in [0.2, 0.25) is 0 Å². The van der Waals surface area contributed by atoms with Crippen molar-refractivity contribution in [2.75, 3.05) is 13.1 Å². The predicted octanol–water partition coefficient (Wildman–Crippen LogP) is 2.17. The Bertz CT molecular complexity index is 366. The molecule has 3 nitrogen and oxygen atoms in total. The van der Waals surface area contributed by atoms with Crippen LogP contribution in [0.25, 0.3) is 0 Å². The zero-order valence-corrected chi connectivity index (χ0v) is 11.3. The Morgan fingerprint density at radius 1 is 1.47 bits per heavy atom. The van der Waals surface area contributed by atoms with E-state index in [1.165, 1.54) is 49.3 Å². The van der Waals surface area contributed by atoms with Crippen LogP contribution in [-0.4, -0.2) is 35.1 Å². The SMILES string of the molecule is Cc1ncsc1CN(C[C@H]1CCCN1)C1CC1. The Hall–Kier alpha value is -0.450. The predicted molar refractivity (Wildman–Crippen MR) is 71.3 cm³/mol. The number of nitrogens with zero attached hydrogens (tertiary/aromatic N) is 2. The van der Waals surface area contributed by atoms with Gasteiger partial charge in [-0.05, 0) is 39.2 Å². The van der Waals surface area contributed by atoms with Gasteiger partial charge in [-0.15, -0.1) is 11.3 Å². The summed E-state index contributed by atoms with van der Waals surface area (Å²) in [6.07, 6.45) is 5.49. The zero-order valence-electron chi connectivity index (χ0n) is 10.5. The van der Waals surface area contributed by atoms with Crippen molar-refractivity contribution in [2.45, 2.75) is 51.2 Å². The lowest BCUT2D eigenvalue weighted by molar-refractivity contribution is 0.232. The van der Waals surface area contributed by atoms with E-state index < -0.39 is 0 Å². The molecule has 1 aromatic rings. The van der Waals surface area contributed by atoms with Gasteiger partial charge in [-0.1, -0.05) is 0 Å². The Labute approximate surface area is 107 Å². The topological polar surface area (TPSA) is 28.2 Å². The van der Waals surface area contributed by atoms with E-state index in [1.54, 1.807) is 0 Å². The van der Waals surface area contributed by atoms with Crippen LogP contribution < -0.4 is 5.32 Å². The van der Waals surface area contributed by atoms with Gasteiger partial charge in [0.15, 0.2) is 0 Å². The van der Waals surface area contributed by atoms with Crippen LogP contribution in [0.4, 0.5) is 0 Å². The Balaban J connectivity index is 1.61. The molecule has 2 fully saturated rings. The number of hydrogen-bond acceptors (Lipinski definition) is 4. The number of nitrogens with one attached hydrogen (secondary N) is 1. The van der Waals surface area contributed by atoms with Gasteiger partial charge in [-0.3, -0.25) is 4.90 Å². The molecule has 0 bridgehead atoms. The fourth-order valence-corrected chi connectivity index (χ4v) is 3.44.